The third kappa shape index (κ3) is 5.16. The number of carbonyl (C=O) groups is 2. The maximum absolute atomic E-state index is 12.3. The molecule has 1 fully saturated rings. The monoisotopic (exact) mass is 383 g/mol. The highest BCUT2D eigenvalue weighted by Gasteiger charge is 2.32. The van der Waals surface area contributed by atoms with E-state index in [9.17, 15) is 19.7 Å². The lowest BCUT2D eigenvalue weighted by Crippen LogP contribution is -2.29. The van der Waals surface area contributed by atoms with Crippen LogP contribution < -0.4 is 4.74 Å². The van der Waals surface area contributed by atoms with Crippen molar-refractivity contribution in [3.63, 3.8) is 0 Å². The minimum absolute atomic E-state index is 0.0608. The Bertz CT molecular complexity index is 826. The van der Waals surface area contributed by atoms with E-state index in [0.717, 1.165) is 5.56 Å². The number of esters is 2. The second-order valence-corrected chi connectivity index (χ2v) is 6.81. The zero-order valence-corrected chi connectivity index (χ0v) is 15.3. The van der Waals surface area contributed by atoms with Crippen LogP contribution in [-0.2, 0) is 20.9 Å². The molecule has 1 saturated carbocycles. The summed E-state index contributed by atoms with van der Waals surface area (Å²) in [6.45, 7) is 0.252. The molecular weight excluding hydrogens is 362 g/mol. The van der Waals surface area contributed by atoms with Gasteiger partial charge in [-0.15, -0.1) is 0 Å². The molecule has 1 aliphatic rings. The normalized spacial score (nSPS) is 18.9. The molecule has 0 unspecified atom stereocenters. The molecule has 28 heavy (non-hydrogen) atoms. The lowest BCUT2D eigenvalue weighted by molar-refractivity contribution is -0.384. The molecular formula is C21H21NO6. The Morgan fingerprint density at radius 2 is 1.46 bits per heavy atom. The summed E-state index contributed by atoms with van der Waals surface area (Å²) in [6.07, 6.45) is 2.26. The van der Waals surface area contributed by atoms with Gasteiger partial charge in [-0.05, 0) is 43.4 Å². The molecule has 146 valence electrons. The van der Waals surface area contributed by atoms with Crippen LogP contribution in [0, 0.1) is 22.0 Å². The summed E-state index contributed by atoms with van der Waals surface area (Å²) in [5.41, 5.74) is 0.880. The summed E-state index contributed by atoms with van der Waals surface area (Å²) >= 11 is 0. The van der Waals surface area contributed by atoms with Gasteiger partial charge < -0.3 is 9.47 Å². The van der Waals surface area contributed by atoms with Crippen molar-refractivity contribution in [2.24, 2.45) is 11.8 Å². The Kier molecular flexibility index (Phi) is 6.37. The standard InChI is InChI=1S/C21H21NO6/c23-20(27-14-15-4-2-1-3-5-15)16-6-8-17(9-7-16)21(24)28-19-12-10-18(11-13-19)22(25)26/h1-5,10-13,16-17H,6-9,14H2. The molecule has 0 bridgehead atoms. The highest BCUT2D eigenvalue weighted by Crippen LogP contribution is 2.31. The second-order valence-electron chi connectivity index (χ2n) is 6.81. The Hall–Kier alpha value is -3.22. The predicted molar refractivity (Wildman–Crippen MR) is 100 cm³/mol. The first kappa shape index (κ1) is 19.5. The molecule has 0 saturated heterocycles. The fourth-order valence-corrected chi connectivity index (χ4v) is 3.25. The van der Waals surface area contributed by atoms with Crippen LogP contribution in [0.5, 0.6) is 5.75 Å². The molecule has 0 radical (unpaired) electrons. The number of nitro benzene ring substituents is 1. The maximum Gasteiger partial charge on any atom is 0.314 e. The van der Waals surface area contributed by atoms with Gasteiger partial charge >= 0.3 is 11.9 Å². The van der Waals surface area contributed by atoms with Crippen molar-refractivity contribution in [1.82, 2.24) is 0 Å². The average Bonchev–Trinajstić information content (AvgIpc) is 2.73. The van der Waals surface area contributed by atoms with E-state index in [1.165, 1.54) is 24.3 Å². The lowest BCUT2D eigenvalue weighted by Gasteiger charge is -2.25. The molecule has 0 aliphatic heterocycles. The van der Waals surface area contributed by atoms with Gasteiger partial charge in [-0.3, -0.25) is 19.7 Å². The van der Waals surface area contributed by atoms with Gasteiger partial charge in [0.05, 0.1) is 16.8 Å². The Balaban J connectivity index is 1.44. The third-order valence-electron chi connectivity index (χ3n) is 4.88. The summed E-state index contributed by atoms with van der Waals surface area (Å²) < 4.78 is 10.7. The molecule has 7 nitrogen and oxygen atoms in total. The second kappa shape index (κ2) is 9.12. The molecule has 0 spiro atoms. The van der Waals surface area contributed by atoms with E-state index in [-0.39, 0.29) is 41.8 Å². The van der Waals surface area contributed by atoms with E-state index < -0.39 is 4.92 Å². The first-order valence-electron chi connectivity index (χ1n) is 9.19. The lowest BCUT2D eigenvalue weighted by atomic mass is 9.82. The van der Waals surface area contributed by atoms with Gasteiger partial charge in [0, 0.05) is 12.1 Å². The van der Waals surface area contributed by atoms with E-state index in [4.69, 9.17) is 9.47 Å². The van der Waals surface area contributed by atoms with E-state index in [2.05, 4.69) is 0 Å². The number of carbonyl (C=O) groups excluding carboxylic acids is 2. The number of nitrogens with zero attached hydrogens (tertiary/aromatic N) is 1. The van der Waals surface area contributed by atoms with Gasteiger partial charge in [-0.2, -0.15) is 0 Å². The smallest absolute Gasteiger partial charge is 0.314 e. The predicted octanol–water partition coefficient (Wildman–Crippen LogP) is 4.05. The fourth-order valence-electron chi connectivity index (χ4n) is 3.25. The van der Waals surface area contributed by atoms with Crippen molar-refractivity contribution < 1.29 is 24.0 Å². The fraction of sp³-hybridized carbons (Fsp3) is 0.333. The van der Waals surface area contributed by atoms with Crippen molar-refractivity contribution in [2.75, 3.05) is 0 Å². The first-order chi connectivity index (χ1) is 13.5. The van der Waals surface area contributed by atoms with Crippen LogP contribution in [0.3, 0.4) is 0 Å². The molecule has 0 heterocycles. The molecule has 2 aromatic carbocycles. The maximum atomic E-state index is 12.3. The summed E-state index contributed by atoms with van der Waals surface area (Å²) in [7, 11) is 0. The van der Waals surface area contributed by atoms with Gasteiger partial charge in [0.25, 0.3) is 5.69 Å². The van der Waals surface area contributed by atoms with Gasteiger partial charge in [0.15, 0.2) is 0 Å². The van der Waals surface area contributed by atoms with Crippen LogP contribution in [-0.4, -0.2) is 16.9 Å². The van der Waals surface area contributed by atoms with Crippen molar-refractivity contribution in [2.45, 2.75) is 32.3 Å². The zero-order chi connectivity index (χ0) is 19.9. The quantitative estimate of drug-likeness (QED) is 0.323. The molecule has 0 aromatic heterocycles. The van der Waals surface area contributed by atoms with Crippen LogP contribution in [0.1, 0.15) is 31.2 Å². The van der Waals surface area contributed by atoms with Gasteiger partial charge in [0.2, 0.25) is 0 Å². The van der Waals surface area contributed by atoms with Crippen molar-refractivity contribution in [1.29, 1.82) is 0 Å². The summed E-state index contributed by atoms with van der Waals surface area (Å²) in [5, 5.41) is 10.7. The number of benzene rings is 2. The van der Waals surface area contributed by atoms with Gasteiger partial charge in [0.1, 0.15) is 12.4 Å². The number of hydrogen-bond acceptors (Lipinski definition) is 6. The number of rotatable bonds is 6. The molecule has 1 aliphatic carbocycles. The van der Waals surface area contributed by atoms with Crippen molar-refractivity contribution in [3.05, 3.63) is 70.3 Å². The number of hydrogen-bond donors (Lipinski definition) is 0. The van der Waals surface area contributed by atoms with Gasteiger partial charge in [-0.1, -0.05) is 30.3 Å². The SMILES string of the molecule is O=C(OCc1ccccc1)C1CCC(C(=O)Oc2ccc([N+](=O)[O-])cc2)CC1. The topological polar surface area (TPSA) is 95.7 Å². The molecule has 0 amide bonds. The molecule has 7 heteroatoms. The van der Waals surface area contributed by atoms with Crippen LogP contribution in [0.15, 0.2) is 54.6 Å². The number of ether oxygens (including phenoxy) is 2. The minimum atomic E-state index is -0.510. The van der Waals surface area contributed by atoms with Crippen molar-refractivity contribution >= 4 is 17.6 Å². The Morgan fingerprint density at radius 3 is 2.04 bits per heavy atom. The van der Waals surface area contributed by atoms with E-state index >= 15 is 0 Å². The third-order valence-corrected chi connectivity index (χ3v) is 4.88. The molecule has 2 aromatic rings. The molecule has 0 atom stereocenters. The minimum Gasteiger partial charge on any atom is -0.461 e. The van der Waals surface area contributed by atoms with Gasteiger partial charge in [-0.25, -0.2) is 0 Å². The van der Waals surface area contributed by atoms with Crippen LogP contribution in [0.2, 0.25) is 0 Å². The highest BCUT2D eigenvalue weighted by atomic mass is 16.6. The number of non-ortho nitro benzene ring substituents is 1. The van der Waals surface area contributed by atoms with Crippen molar-refractivity contribution in [3.8, 4) is 5.75 Å². The Morgan fingerprint density at radius 1 is 0.893 bits per heavy atom. The summed E-state index contributed by atoms with van der Waals surface area (Å²) in [6, 6.07) is 14.9. The highest BCUT2D eigenvalue weighted by molar-refractivity contribution is 5.76. The molecule has 0 N–H and O–H groups in total. The van der Waals surface area contributed by atoms with E-state index in [1.54, 1.807) is 0 Å². The largest absolute Gasteiger partial charge is 0.461 e. The van der Waals surface area contributed by atoms with Crippen LogP contribution in [0.4, 0.5) is 5.69 Å². The summed E-state index contributed by atoms with van der Waals surface area (Å²) in [5.74, 6) is -0.809. The zero-order valence-electron chi connectivity index (χ0n) is 15.3. The number of nitro groups is 1. The Labute approximate surface area is 162 Å². The van der Waals surface area contributed by atoms with Crippen LogP contribution in [0.25, 0.3) is 0 Å². The van der Waals surface area contributed by atoms with E-state index in [1.807, 2.05) is 30.3 Å². The summed E-state index contributed by atoms with van der Waals surface area (Å²) in [4.78, 5) is 34.7. The average molecular weight is 383 g/mol. The first-order valence-corrected chi connectivity index (χ1v) is 9.19. The van der Waals surface area contributed by atoms with Crippen LogP contribution >= 0.6 is 0 Å². The van der Waals surface area contributed by atoms with E-state index in [0.29, 0.717) is 25.7 Å². The molecule has 3 rings (SSSR count).